The van der Waals surface area contributed by atoms with Crippen LogP contribution in [0.25, 0.3) is 22.2 Å². The standard InChI is InChI=1S/C16H21ClN4OSi/c1-23(2,3)9-8-22-11-21-7-5-13-12(4-6-18-16(13)21)14-10-19-20-15(14)17/h4-7,10H,8-9,11H2,1-3H3,(H,19,20). The van der Waals surface area contributed by atoms with Gasteiger partial charge < -0.3 is 9.30 Å². The van der Waals surface area contributed by atoms with Crippen molar-refractivity contribution < 1.29 is 4.74 Å². The first kappa shape index (κ1) is 16.2. The van der Waals surface area contributed by atoms with E-state index in [1.54, 1.807) is 12.4 Å². The fraction of sp³-hybridized carbons (Fsp3) is 0.375. The molecule has 0 unspecified atom stereocenters. The quantitative estimate of drug-likeness (QED) is 0.531. The fourth-order valence-corrected chi connectivity index (χ4v) is 3.39. The minimum atomic E-state index is -1.06. The third-order valence-corrected chi connectivity index (χ3v) is 5.76. The maximum atomic E-state index is 6.16. The Morgan fingerprint density at radius 2 is 2.09 bits per heavy atom. The highest BCUT2D eigenvalue weighted by atomic mass is 35.5. The second kappa shape index (κ2) is 6.47. The topological polar surface area (TPSA) is 55.7 Å². The van der Waals surface area contributed by atoms with Crippen LogP contribution in [-0.4, -0.2) is 34.4 Å². The van der Waals surface area contributed by atoms with Gasteiger partial charge in [0.05, 0.1) is 6.20 Å². The van der Waals surface area contributed by atoms with Crippen molar-refractivity contribution in [2.24, 2.45) is 0 Å². The summed E-state index contributed by atoms with van der Waals surface area (Å²) in [7, 11) is -1.06. The van der Waals surface area contributed by atoms with E-state index in [-0.39, 0.29) is 0 Å². The zero-order valence-electron chi connectivity index (χ0n) is 13.6. The Bertz CT molecular complexity index is 806. The molecule has 0 spiro atoms. The predicted molar refractivity (Wildman–Crippen MR) is 96.4 cm³/mol. The van der Waals surface area contributed by atoms with Crippen LogP contribution in [0.5, 0.6) is 0 Å². The van der Waals surface area contributed by atoms with Gasteiger partial charge >= 0.3 is 0 Å². The smallest absolute Gasteiger partial charge is 0.142 e. The Hall–Kier alpha value is -1.63. The van der Waals surface area contributed by atoms with E-state index < -0.39 is 8.07 Å². The van der Waals surface area contributed by atoms with Gasteiger partial charge in [-0.25, -0.2) is 4.98 Å². The van der Waals surface area contributed by atoms with E-state index in [0.29, 0.717) is 11.9 Å². The molecule has 3 aromatic heterocycles. The molecule has 0 atom stereocenters. The molecular formula is C16H21ClN4OSi. The number of hydrogen-bond acceptors (Lipinski definition) is 3. The van der Waals surface area contributed by atoms with Crippen LogP contribution >= 0.6 is 11.6 Å². The maximum Gasteiger partial charge on any atom is 0.142 e. The van der Waals surface area contributed by atoms with Crippen molar-refractivity contribution in [3.63, 3.8) is 0 Å². The highest BCUT2D eigenvalue weighted by molar-refractivity contribution is 6.76. The normalized spacial score (nSPS) is 12.2. The molecule has 0 saturated carbocycles. The van der Waals surface area contributed by atoms with E-state index in [4.69, 9.17) is 16.3 Å². The average Bonchev–Trinajstić information content (AvgIpc) is 3.09. The van der Waals surface area contributed by atoms with Gasteiger partial charge in [0.1, 0.15) is 17.5 Å². The van der Waals surface area contributed by atoms with Gasteiger partial charge in [0.2, 0.25) is 0 Å². The summed E-state index contributed by atoms with van der Waals surface area (Å²) in [5.41, 5.74) is 2.80. The Morgan fingerprint density at radius 1 is 1.26 bits per heavy atom. The van der Waals surface area contributed by atoms with Crippen LogP contribution in [0.1, 0.15) is 0 Å². The van der Waals surface area contributed by atoms with Gasteiger partial charge in [0.25, 0.3) is 0 Å². The Balaban J connectivity index is 1.81. The number of fused-ring (bicyclic) bond motifs is 1. The molecule has 122 valence electrons. The summed E-state index contributed by atoms with van der Waals surface area (Å²) in [4.78, 5) is 4.49. The van der Waals surface area contributed by atoms with Crippen LogP contribution in [-0.2, 0) is 11.5 Å². The van der Waals surface area contributed by atoms with Gasteiger partial charge in [-0.15, -0.1) is 0 Å². The number of H-pyrrole nitrogens is 1. The minimum Gasteiger partial charge on any atom is -0.361 e. The number of aromatic amines is 1. The van der Waals surface area contributed by atoms with Crippen LogP contribution in [0.2, 0.25) is 30.8 Å². The molecule has 23 heavy (non-hydrogen) atoms. The van der Waals surface area contributed by atoms with Crippen LogP contribution in [0.15, 0.2) is 30.7 Å². The Morgan fingerprint density at radius 3 is 2.78 bits per heavy atom. The molecule has 3 rings (SSSR count). The maximum absolute atomic E-state index is 6.16. The van der Waals surface area contributed by atoms with Gasteiger partial charge in [-0.1, -0.05) is 31.2 Å². The SMILES string of the molecule is C[Si](C)(C)CCOCn1ccc2c(-c3cn[nH]c3Cl)ccnc21. The van der Waals surface area contributed by atoms with E-state index in [1.807, 2.05) is 22.9 Å². The molecule has 3 heterocycles. The third-order valence-electron chi connectivity index (χ3n) is 3.77. The first-order valence-electron chi connectivity index (χ1n) is 7.66. The molecule has 0 aliphatic carbocycles. The summed E-state index contributed by atoms with van der Waals surface area (Å²) in [5, 5.41) is 8.34. The highest BCUT2D eigenvalue weighted by Gasteiger charge is 2.14. The number of nitrogens with zero attached hydrogens (tertiary/aromatic N) is 3. The zero-order valence-corrected chi connectivity index (χ0v) is 15.4. The number of nitrogens with one attached hydrogen (secondary N) is 1. The van der Waals surface area contributed by atoms with Crippen LogP contribution in [0.3, 0.4) is 0 Å². The number of pyridine rings is 1. The van der Waals surface area contributed by atoms with Crippen molar-refractivity contribution in [1.29, 1.82) is 0 Å². The fourth-order valence-electron chi connectivity index (χ4n) is 2.43. The van der Waals surface area contributed by atoms with Crippen LogP contribution < -0.4 is 0 Å². The molecule has 0 aliphatic heterocycles. The van der Waals surface area contributed by atoms with Crippen molar-refractivity contribution in [1.82, 2.24) is 19.7 Å². The molecule has 0 fully saturated rings. The number of aromatic nitrogens is 4. The van der Waals surface area contributed by atoms with Crippen molar-refractivity contribution in [3.8, 4) is 11.1 Å². The third kappa shape index (κ3) is 3.65. The van der Waals surface area contributed by atoms with Gasteiger partial charge in [0.15, 0.2) is 0 Å². The molecule has 5 nitrogen and oxygen atoms in total. The van der Waals surface area contributed by atoms with Crippen molar-refractivity contribution >= 4 is 30.7 Å². The van der Waals surface area contributed by atoms with E-state index in [2.05, 4.69) is 34.8 Å². The summed E-state index contributed by atoms with van der Waals surface area (Å²) in [6.45, 7) is 8.36. The molecule has 0 amide bonds. The highest BCUT2D eigenvalue weighted by Crippen LogP contribution is 2.31. The molecule has 0 radical (unpaired) electrons. The van der Waals surface area contributed by atoms with Gasteiger partial charge in [-0.2, -0.15) is 5.10 Å². The molecule has 0 aromatic carbocycles. The van der Waals surface area contributed by atoms with E-state index in [9.17, 15) is 0 Å². The first-order chi connectivity index (χ1) is 11.0. The summed E-state index contributed by atoms with van der Waals surface area (Å²) in [6.07, 6.45) is 5.53. The second-order valence-corrected chi connectivity index (χ2v) is 12.8. The molecule has 0 aliphatic rings. The summed E-state index contributed by atoms with van der Waals surface area (Å²) < 4.78 is 7.85. The number of rotatable bonds is 6. The summed E-state index contributed by atoms with van der Waals surface area (Å²) in [5.74, 6) is 0. The van der Waals surface area contributed by atoms with Gasteiger partial charge in [-0.3, -0.25) is 5.10 Å². The lowest BCUT2D eigenvalue weighted by Crippen LogP contribution is -2.22. The van der Waals surface area contributed by atoms with Crippen molar-refractivity contribution in [2.75, 3.05) is 6.61 Å². The summed E-state index contributed by atoms with van der Waals surface area (Å²) >= 11 is 6.16. The molecule has 7 heteroatoms. The molecule has 0 saturated heterocycles. The van der Waals surface area contributed by atoms with Gasteiger partial charge in [-0.05, 0) is 23.7 Å². The van der Waals surface area contributed by atoms with Gasteiger partial charge in [0, 0.05) is 38.0 Å². The average molecular weight is 349 g/mol. The number of halogens is 1. The van der Waals surface area contributed by atoms with E-state index >= 15 is 0 Å². The number of hydrogen-bond donors (Lipinski definition) is 1. The molecule has 1 N–H and O–H groups in total. The molecule has 3 aromatic rings. The lowest BCUT2D eigenvalue weighted by molar-refractivity contribution is 0.0899. The number of ether oxygens (including phenoxy) is 1. The lowest BCUT2D eigenvalue weighted by atomic mass is 10.1. The molecular weight excluding hydrogens is 328 g/mol. The second-order valence-electron chi connectivity index (χ2n) is 6.83. The molecule has 0 bridgehead atoms. The van der Waals surface area contributed by atoms with E-state index in [0.717, 1.165) is 34.8 Å². The Kier molecular flexibility index (Phi) is 4.56. The zero-order chi connectivity index (χ0) is 16.4. The van der Waals surface area contributed by atoms with Crippen molar-refractivity contribution in [2.45, 2.75) is 32.4 Å². The monoisotopic (exact) mass is 348 g/mol. The summed E-state index contributed by atoms with van der Waals surface area (Å²) in [6, 6.07) is 5.16. The Labute approximate surface area is 141 Å². The lowest BCUT2D eigenvalue weighted by Gasteiger charge is -2.15. The largest absolute Gasteiger partial charge is 0.361 e. The van der Waals surface area contributed by atoms with Crippen molar-refractivity contribution in [3.05, 3.63) is 35.9 Å². The van der Waals surface area contributed by atoms with Crippen LogP contribution in [0, 0.1) is 0 Å². The predicted octanol–water partition coefficient (Wildman–Crippen LogP) is 4.39. The van der Waals surface area contributed by atoms with Crippen LogP contribution in [0.4, 0.5) is 0 Å². The first-order valence-corrected chi connectivity index (χ1v) is 11.7. The van der Waals surface area contributed by atoms with E-state index in [1.165, 1.54) is 0 Å². The minimum absolute atomic E-state index is 0.517.